The lowest BCUT2D eigenvalue weighted by Gasteiger charge is -2.31. The smallest absolute Gasteiger partial charge is 0.280 e. The highest BCUT2D eigenvalue weighted by Crippen LogP contribution is 2.28. The number of halogens is 2. The Labute approximate surface area is 148 Å². The first-order chi connectivity index (χ1) is 11.7. The van der Waals surface area contributed by atoms with Crippen LogP contribution in [0, 0.1) is 30.6 Å². The molecule has 0 spiro atoms. The van der Waals surface area contributed by atoms with E-state index in [2.05, 4.69) is 36.0 Å². The zero-order valence-electron chi connectivity index (χ0n) is 15.3. The molecule has 1 aliphatic carbocycles. The fourth-order valence-electron chi connectivity index (χ4n) is 2.97. The van der Waals surface area contributed by atoms with E-state index in [1.54, 1.807) is 6.92 Å². The van der Waals surface area contributed by atoms with Gasteiger partial charge in [0.2, 0.25) is 0 Å². The maximum Gasteiger partial charge on any atom is 0.280 e. The van der Waals surface area contributed by atoms with Crippen molar-refractivity contribution in [3.05, 3.63) is 29.1 Å². The summed E-state index contributed by atoms with van der Waals surface area (Å²) in [6.07, 6.45) is 2.29. The molecule has 1 N–H and O–H groups in total. The molecule has 0 saturated heterocycles. The van der Waals surface area contributed by atoms with Gasteiger partial charge in [0, 0.05) is 24.1 Å². The number of nitrogens with zero attached hydrogens (tertiary/aromatic N) is 1. The monoisotopic (exact) mass is 348 g/mol. The molecule has 1 aromatic heterocycles. The van der Waals surface area contributed by atoms with Crippen molar-refractivity contribution in [1.29, 1.82) is 0 Å². The van der Waals surface area contributed by atoms with Gasteiger partial charge in [0.1, 0.15) is 5.69 Å². The molecular weight excluding hydrogens is 322 g/mol. The third-order valence-electron chi connectivity index (χ3n) is 4.22. The summed E-state index contributed by atoms with van der Waals surface area (Å²) in [7, 11) is 0. The van der Waals surface area contributed by atoms with E-state index < -0.39 is 12.0 Å². The fourth-order valence-corrected chi connectivity index (χ4v) is 2.97. The van der Waals surface area contributed by atoms with Crippen LogP contribution in [0.15, 0.2) is 12.3 Å². The van der Waals surface area contributed by atoms with Crippen molar-refractivity contribution in [1.82, 2.24) is 10.3 Å². The molecule has 1 unspecified atom stereocenters. The Morgan fingerprint density at radius 2 is 2.12 bits per heavy atom. The molecule has 1 fully saturated rings. The summed E-state index contributed by atoms with van der Waals surface area (Å²) in [6, 6.07) is 1.47. The van der Waals surface area contributed by atoms with Gasteiger partial charge in [-0.2, -0.15) is 0 Å². The van der Waals surface area contributed by atoms with Crippen molar-refractivity contribution in [2.24, 2.45) is 11.8 Å². The Hall–Kier alpha value is -1.96. The molecule has 0 radical (unpaired) electrons. The second-order valence-electron chi connectivity index (χ2n) is 7.61. The zero-order chi connectivity index (χ0) is 18.6. The molecule has 136 valence electrons. The number of carbonyl (C=O) groups is 1. The van der Waals surface area contributed by atoms with Gasteiger partial charge in [-0.05, 0) is 50.7 Å². The number of nitrogens with one attached hydrogen (secondary N) is 1. The number of aromatic nitrogens is 1. The minimum Gasteiger partial charge on any atom is -0.346 e. The maximum absolute atomic E-state index is 12.8. The molecule has 1 atom stereocenters. The average molecular weight is 348 g/mol. The quantitative estimate of drug-likeness (QED) is 0.759. The standard InChI is InChI=1S/C20H26F2N2O/c1-13(2)11-20(4,9-5-6-15-7-8-15)24-19(25)16-10-14(3)17(18(21)22)23-12-16/h10,12-13,15,18H,7-9,11H2,1-4H3,(H,24,25). The number of hydrogen-bond donors (Lipinski definition) is 1. The number of amides is 1. The highest BCUT2D eigenvalue weighted by molar-refractivity contribution is 5.94. The summed E-state index contributed by atoms with van der Waals surface area (Å²) in [6.45, 7) is 7.73. The lowest BCUT2D eigenvalue weighted by atomic mass is 9.87. The molecule has 0 aromatic carbocycles. The van der Waals surface area contributed by atoms with Crippen molar-refractivity contribution < 1.29 is 13.6 Å². The van der Waals surface area contributed by atoms with Gasteiger partial charge in [-0.3, -0.25) is 9.78 Å². The number of hydrogen-bond acceptors (Lipinski definition) is 2. The number of aryl methyl sites for hydroxylation is 1. The molecule has 25 heavy (non-hydrogen) atoms. The van der Waals surface area contributed by atoms with Crippen LogP contribution in [0.2, 0.25) is 0 Å². The second-order valence-corrected chi connectivity index (χ2v) is 7.61. The summed E-state index contributed by atoms with van der Waals surface area (Å²) in [4.78, 5) is 16.3. The van der Waals surface area contributed by atoms with E-state index in [-0.39, 0.29) is 11.6 Å². The van der Waals surface area contributed by atoms with Crippen LogP contribution < -0.4 is 5.32 Å². The van der Waals surface area contributed by atoms with Crippen LogP contribution >= 0.6 is 0 Å². The molecule has 3 nitrogen and oxygen atoms in total. The van der Waals surface area contributed by atoms with Crippen LogP contribution in [-0.2, 0) is 0 Å². The predicted octanol–water partition coefficient (Wildman–Crippen LogP) is 4.67. The van der Waals surface area contributed by atoms with E-state index in [1.807, 2.05) is 6.92 Å². The Balaban J connectivity index is 2.12. The van der Waals surface area contributed by atoms with Gasteiger partial charge in [0.25, 0.3) is 12.3 Å². The lowest BCUT2D eigenvalue weighted by molar-refractivity contribution is 0.0895. The molecular formula is C20H26F2N2O. The number of alkyl halides is 2. The average Bonchev–Trinajstić information content (AvgIpc) is 3.29. The van der Waals surface area contributed by atoms with Crippen LogP contribution in [-0.4, -0.2) is 16.4 Å². The van der Waals surface area contributed by atoms with Crippen molar-refractivity contribution in [3.63, 3.8) is 0 Å². The summed E-state index contributed by atoms with van der Waals surface area (Å²) < 4.78 is 25.6. The van der Waals surface area contributed by atoms with E-state index in [9.17, 15) is 13.6 Å². The highest BCUT2D eigenvalue weighted by atomic mass is 19.3. The van der Waals surface area contributed by atoms with Gasteiger partial charge < -0.3 is 5.32 Å². The normalized spacial score (nSPS) is 16.3. The number of carbonyl (C=O) groups excluding carboxylic acids is 1. The Bertz CT molecular complexity index is 687. The van der Waals surface area contributed by atoms with Crippen molar-refractivity contribution in [2.75, 3.05) is 0 Å². The van der Waals surface area contributed by atoms with E-state index >= 15 is 0 Å². The van der Waals surface area contributed by atoms with Crippen LogP contribution in [0.4, 0.5) is 8.78 Å². The molecule has 1 amide bonds. The molecule has 1 heterocycles. The Kier molecular flexibility index (Phi) is 6.16. The van der Waals surface area contributed by atoms with Gasteiger partial charge >= 0.3 is 0 Å². The molecule has 1 aromatic rings. The maximum atomic E-state index is 12.8. The topological polar surface area (TPSA) is 42.0 Å². The van der Waals surface area contributed by atoms with E-state index in [0.29, 0.717) is 29.4 Å². The van der Waals surface area contributed by atoms with Crippen molar-refractivity contribution in [3.8, 4) is 11.8 Å². The Morgan fingerprint density at radius 1 is 1.44 bits per heavy atom. The van der Waals surface area contributed by atoms with Gasteiger partial charge in [-0.25, -0.2) is 8.78 Å². The van der Waals surface area contributed by atoms with Gasteiger partial charge in [-0.15, -0.1) is 5.92 Å². The predicted molar refractivity (Wildman–Crippen MR) is 94.4 cm³/mol. The lowest BCUT2D eigenvalue weighted by Crippen LogP contribution is -2.46. The molecule has 5 heteroatoms. The number of pyridine rings is 1. The van der Waals surface area contributed by atoms with E-state index in [4.69, 9.17) is 0 Å². The minimum absolute atomic E-state index is 0.281. The number of rotatable bonds is 6. The van der Waals surface area contributed by atoms with Crippen LogP contribution in [0.1, 0.15) is 74.5 Å². The molecule has 0 bridgehead atoms. The van der Waals surface area contributed by atoms with Gasteiger partial charge in [-0.1, -0.05) is 19.8 Å². The summed E-state index contributed by atoms with van der Waals surface area (Å²) in [5, 5.41) is 3.04. The Morgan fingerprint density at radius 3 is 2.64 bits per heavy atom. The second kappa shape index (κ2) is 7.95. The first-order valence-corrected chi connectivity index (χ1v) is 8.76. The summed E-state index contributed by atoms with van der Waals surface area (Å²) in [5.41, 5.74) is -0.117. The van der Waals surface area contributed by atoms with Crippen LogP contribution in [0.5, 0.6) is 0 Å². The first kappa shape index (κ1) is 19.4. The highest BCUT2D eigenvalue weighted by Gasteiger charge is 2.28. The van der Waals surface area contributed by atoms with Crippen LogP contribution in [0.25, 0.3) is 0 Å². The summed E-state index contributed by atoms with van der Waals surface area (Å²) >= 11 is 0. The SMILES string of the molecule is Cc1cc(C(=O)NC(C)(CC#CC2CC2)CC(C)C)cnc1C(F)F. The largest absolute Gasteiger partial charge is 0.346 e. The third-order valence-corrected chi connectivity index (χ3v) is 4.22. The molecule has 2 rings (SSSR count). The van der Waals surface area contributed by atoms with Gasteiger partial charge in [0.05, 0.1) is 5.56 Å². The van der Waals surface area contributed by atoms with Crippen molar-refractivity contribution >= 4 is 5.91 Å². The first-order valence-electron chi connectivity index (χ1n) is 8.76. The van der Waals surface area contributed by atoms with E-state index in [0.717, 1.165) is 6.42 Å². The van der Waals surface area contributed by atoms with Crippen molar-refractivity contribution in [2.45, 2.75) is 65.3 Å². The molecule has 0 aliphatic heterocycles. The zero-order valence-corrected chi connectivity index (χ0v) is 15.3. The third kappa shape index (κ3) is 5.81. The molecule has 1 aliphatic rings. The minimum atomic E-state index is -2.64. The molecule has 1 saturated carbocycles. The van der Waals surface area contributed by atoms with Crippen LogP contribution in [0.3, 0.4) is 0 Å². The van der Waals surface area contributed by atoms with E-state index in [1.165, 1.54) is 25.1 Å². The van der Waals surface area contributed by atoms with Gasteiger partial charge in [0.15, 0.2) is 0 Å². The fraction of sp³-hybridized carbons (Fsp3) is 0.600. The summed E-state index contributed by atoms with van der Waals surface area (Å²) in [5.74, 6) is 7.06.